The van der Waals surface area contributed by atoms with Gasteiger partial charge in [0.2, 0.25) is 17.7 Å². The number of benzene rings is 2. The standard InChI is InChI=1S/C22H22FN3O3/c1-13(22-25-17-5-3-4-6-18(17)29-22)24-21(28)16-11-12-19(27)26(2)20(16)14-7-9-15(23)10-8-14/h3-10,13,16,20H,11-12H2,1-2H3,(H,24,28). The number of para-hydroxylation sites is 2. The number of hydrogen-bond acceptors (Lipinski definition) is 4. The summed E-state index contributed by atoms with van der Waals surface area (Å²) in [6.45, 7) is 1.81. The molecule has 2 heterocycles. The van der Waals surface area contributed by atoms with Gasteiger partial charge in [-0.3, -0.25) is 9.59 Å². The lowest BCUT2D eigenvalue weighted by Gasteiger charge is -2.38. The Bertz CT molecular complexity index is 1010. The molecule has 6 nitrogen and oxygen atoms in total. The zero-order valence-corrected chi connectivity index (χ0v) is 16.3. The lowest BCUT2D eigenvalue weighted by atomic mass is 9.84. The number of aromatic nitrogens is 1. The van der Waals surface area contributed by atoms with E-state index in [1.165, 1.54) is 12.1 Å². The molecule has 1 N–H and O–H groups in total. The first-order valence-electron chi connectivity index (χ1n) is 9.61. The van der Waals surface area contributed by atoms with Crippen LogP contribution in [0.5, 0.6) is 0 Å². The summed E-state index contributed by atoms with van der Waals surface area (Å²) >= 11 is 0. The average Bonchev–Trinajstić information content (AvgIpc) is 3.15. The molecule has 0 spiro atoms. The van der Waals surface area contributed by atoms with Crippen LogP contribution in [0.2, 0.25) is 0 Å². The van der Waals surface area contributed by atoms with Crippen molar-refractivity contribution in [1.82, 2.24) is 15.2 Å². The van der Waals surface area contributed by atoms with Gasteiger partial charge in [-0.05, 0) is 43.2 Å². The van der Waals surface area contributed by atoms with E-state index < -0.39 is 18.0 Å². The summed E-state index contributed by atoms with van der Waals surface area (Å²) < 4.78 is 19.1. The number of likely N-dealkylation sites (tertiary alicyclic amines) is 1. The molecule has 2 aromatic carbocycles. The number of piperidine rings is 1. The van der Waals surface area contributed by atoms with Crippen LogP contribution in [0.1, 0.15) is 43.3 Å². The predicted molar refractivity (Wildman–Crippen MR) is 105 cm³/mol. The van der Waals surface area contributed by atoms with Crippen LogP contribution in [-0.4, -0.2) is 28.7 Å². The minimum absolute atomic E-state index is 0.0321. The quantitative estimate of drug-likeness (QED) is 0.730. The van der Waals surface area contributed by atoms with Gasteiger partial charge in [0.15, 0.2) is 5.58 Å². The van der Waals surface area contributed by atoms with Crippen LogP contribution in [-0.2, 0) is 9.59 Å². The minimum Gasteiger partial charge on any atom is -0.438 e. The summed E-state index contributed by atoms with van der Waals surface area (Å²) in [6, 6.07) is 12.5. The van der Waals surface area contributed by atoms with Crippen molar-refractivity contribution >= 4 is 22.9 Å². The third-order valence-corrected chi connectivity index (χ3v) is 5.45. The van der Waals surface area contributed by atoms with Gasteiger partial charge >= 0.3 is 0 Å². The number of nitrogens with one attached hydrogen (secondary N) is 1. The van der Waals surface area contributed by atoms with Gasteiger partial charge in [0.05, 0.1) is 12.0 Å². The number of halogens is 1. The molecule has 0 radical (unpaired) electrons. The Hall–Kier alpha value is -3.22. The van der Waals surface area contributed by atoms with Gasteiger partial charge in [-0.15, -0.1) is 0 Å². The second kappa shape index (κ2) is 7.66. The molecular formula is C22H22FN3O3. The van der Waals surface area contributed by atoms with E-state index >= 15 is 0 Å². The number of hydrogen-bond donors (Lipinski definition) is 1. The number of carbonyl (C=O) groups is 2. The number of fused-ring (bicyclic) bond motifs is 1. The summed E-state index contributed by atoms with van der Waals surface area (Å²) in [4.78, 5) is 31.4. The molecule has 3 unspecified atom stereocenters. The average molecular weight is 395 g/mol. The maximum atomic E-state index is 13.4. The molecule has 0 bridgehead atoms. The lowest BCUT2D eigenvalue weighted by molar-refractivity contribution is -0.141. The first kappa shape index (κ1) is 19.1. The molecular weight excluding hydrogens is 373 g/mol. The van der Waals surface area contributed by atoms with Crippen molar-refractivity contribution in [2.75, 3.05) is 7.05 Å². The maximum absolute atomic E-state index is 13.4. The van der Waals surface area contributed by atoms with E-state index in [1.807, 2.05) is 31.2 Å². The molecule has 29 heavy (non-hydrogen) atoms. The summed E-state index contributed by atoms with van der Waals surface area (Å²) in [7, 11) is 1.68. The molecule has 1 aliphatic heterocycles. The number of rotatable bonds is 4. The molecule has 150 valence electrons. The van der Waals surface area contributed by atoms with Crippen LogP contribution in [0.15, 0.2) is 52.9 Å². The van der Waals surface area contributed by atoms with Gasteiger partial charge in [0.25, 0.3) is 0 Å². The Labute approximate surface area is 167 Å². The van der Waals surface area contributed by atoms with Crippen molar-refractivity contribution in [2.45, 2.75) is 31.8 Å². The monoisotopic (exact) mass is 395 g/mol. The molecule has 4 rings (SSSR count). The Kier molecular flexibility index (Phi) is 5.05. The fourth-order valence-corrected chi connectivity index (χ4v) is 3.89. The third kappa shape index (κ3) is 3.72. The van der Waals surface area contributed by atoms with E-state index in [2.05, 4.69) is 10.3 Å². The van der Waals surface area contributed by atoms with E-state index in [0.717, 1.165) is 11.1 Å². The van der Waals surface area contributed by atoms with E-state index in [1.54, 1.807) is 24.1 Å². The van der Waals surface area contributed by atoms with E-state index in [9.17, 15) is 14.0 Å². The Balaban J connectivity index is 1.56. The largest absolute Gasteiger partial charge is 0.438 e. The van der Waals surface area contributed by atoms with Gasteiger partial charge < -0.3 is 14.6 Å². The van der Waals surface area contributed by atoms with Gasteiger partial charge in [-0.25, -0.2) is 9.37 Å². The van der Waals surface area contributed by atoms with Crippen LogP contribution < -0.4 is 5.32 Å². The van der Waals surface area contributed by atoms with Crippen LogP contribution in [0.25, 0.3) is 11.1 Å². The summed E-state index contributed by atoms with van der Waals surface area (Å²) in [5.74, 6) is -0.596. The summed E-state index contributed by atoms with van der Waals surface area (Å²) in [6.07, 6.45) is 0.723. The van der Waals surface area contributed by atoms with Crippen molar-refractivity contribution in [2.24, 2.45) is 5.92 Å². The topological polar surface area (TPSA) is 75.4 Å². The smallest absolute Gasteiger partial charge is 0.226 e. The number of nitrogens with zero attached hydrogens (tertiary/aromatic N) is 2. The van der Waals surface area contributed by atoms with Crippen molar-refractivity contribution in [3.8, 4) is 0 Å². The van der Waals surface area contributed by atoms with E-state index in [4.69, 9.17) is 4.42 Å². The molecule has 3 atom stereocenters. The first-order valence-corrected chi connectivity index (χ1v) is 9.61. The second-order valence-electron chi connectivity index (χ2n) is 7.40. The highest BCUT2D eigenvalue weighted by Crippen LogP contribution is 2.36. The van der Waals surface area contributed by atoms with Crippen LogP contribution in [0.4, 0.5) is 4.39 Å². The zero-order chi connectivity index (χ0) is 20.5. The number of amides is 2. The number of carbonyl (C=O) groups excluding carboxylic acids is 2. The molecule has 7 heteroatoms. The SMILES string of the molecule is CC(NC(=O)C1CCC(=O)N(C)C1c1ccc(F)cc1)c1nc2ccccc2o1. The van der Waals surface area contributed by atoms with Gasteiger partial charge in [-0.1, -0.05) is 24.3 Å². The molecule has 0 saturated carbocycles. The lowest BCUT2D eigenvalue weighted by Crippen LogP contribution is -2.46. The molecule has 1 aliphatic rings. The van der Waals surface area contributed by atoms with Crippen molar-refractivity contribution in [3.63, 3.8) is 0 Å². The normalized spacial score (nSPS) is 20.7. The van der Waals surface area contributed by atoms with E-state index in [0.29, 0.717) is 24.3 Å². The first-order chi connectivity index (χ1) is 13.9. The van der Waals surface area contributed by atoms with Crippen LogP contribution >= 0.6 is 0 Å². The zero-order valence-electron chi connectivity index (χ0n) is 16.3. The highest BCUT2D eigenvalue weighted by atomic mass is 19.1. The van der Waals surface area contributed by atoms with Gasteiger partial charge in [0.1, 0.15) is 17.4 Å². The fraction of sp³-hybridized carbons (Fsp3) is 0.318. The fourth-order valence-electron chi connectivity index (χ4n) is 3.89. The minimum atomic E-state index is -0.451. The molecule has 1 saturated heterocycles. The van der Waals surface area contributed by atoms with Crippen LogP contribution in [0.3, 0.4) is 0 Å². The van der Waals surface area contributed by atoms with Crippen molar-refractivity contribution < 1.29 is 18.4 Å². The van der Waals surface area contributed by atoms with Crippen molar-refractivity contribution in [3.05, 3.63) is 65.8 Å². The predicted octanol–water partition coefficient (Wildman–Crippen LogP) is 3.75. The third-order valence-electron chi connectivity index (χ3n) is 5.45. The molecule has 1 fully saturated rings. The summed E-state index contributed by atoms with van der Waals surface area (Å²) in [5.41, 5.74) is 2.13. The Morgan fingerprint density at radius 2 is 1.97 bits per heavy atom. The number of oxazole rings is 1. The summed E-state index contributed by atoms with van der Waals surface area (Å²) in [5, 5.41) is 2.97. The van der Waals surface area contributed by atoms with Gasteiger partial charge in [-0.2, -0.15) is 0 Å². The highest BCUT2D eigenvalue weighted by molar-refractivity contribution is 5.85. The maximum Gasteiger partial charge on any atom is 0.226 e. The molecule has 2 amide bonds. The Morgan fingerprint density at radius 1 is 1.24 bits per heavy atom. The second-order valence-corrected chi connectivity index (χ2v) is 7.40. The molecule has 1 aromatic heterocycles. The highest BCUT2D eigenvalue weighted by Gasteiger charge is 2.39. The van der Waals surface area contributed by atoms with Gasteiger partial charge in [0, 0.05) is 13.5 Å². The Morgan fingerprint density at radius 3 is 2.69 bits per heavy atom. The molecule has 0 aliphatic carbocycles. The molecule has 3 aromatic rings. The van der Waals surface area contributed by atoms with Crippen LogP contribution in [0, 0.1) is 11.7 Å². The van der Waals surface area contributed by atoms with E-state index in [-0.39, 0.29) is 17.6 Å². The van der Waals surface area contributed by atoms with Crippen molar-refractivity contribution in [1.29, 1.82) is 0 Å².